The van der Waals surface area contributed by atoms with E-state index in [1.165, 1.54) is 0 Å². The number of amides is 1. The highest BCUT2D eigenvalue weighted by atomic mass is 16.5. The first-order valence-corrected chi connectivity index (χ1v) is 10.9. The molecule has 1 amide bonds. The van der Waals surface area contributed by atoms with Crippen LogP contribution in [-0.4, -0.2) is 32.0 Å². The van der Waals surface area contributed by atoms with E-state index in [-0.39, 0.29) is 24.5 Å². The number of rotatable bonds is 7. The number of nitrogens with one attached hydrogen (secondary N) is 1. The summed E-state index contributed by atoms with van der Waals surface area (Å²) in [6.45, 7) is 5.14. The second-order valence-corrected chi connectivity index (χ2v) is 8.15. The highest BCUT2D eigenvalue weighted by Gasteiger charge is 2.21. The fourth-order valence-electron chi connectivity index (χ4n) is 3.89. The van der Waals surface area contributed by atoms with Gasteiger partial charge in [-0.2, -0.15) is 0 Å². The number of hydrogen-bond acceptors (Lipinski definition) is 5. The predicted molar refractivity (Wildman–Crippen MR) is 123 cm³/mol. The summed E-state index contributed by atoms with van der Waals surface area (Å²) in [5.41, 5.74) is 1.39. The summed E-state index contributed by atoms with van der Waals surface area (Å²) in [6, 6.07) is 16.7. The van der Waals surface area contributed by atoms with E-state index >= 15 is 0 Å². The number of ether oxygens (including phenoxy) is 3. The number of fused-ring (bicyclic) bond motifs is 2. The maximum absolute atomic E-state index is 12.7. The van der Waals surface area contributed by atoms with Crippen LogP contribution >= 0.6 is 0 Å². The molecule has 1 atom stereocenters. The Labute approximate surface area is 187 Å². The van der Waals surface area contributed by atoms with Crippen LogP contribution in [0.2, 0.25) is 0 Å². The average molecular weight is 434 g/mol. The van der Waals surface area contributed by atoms with Gasteiger partial charge in [-0.25, -0.2) is 0 Å². The topological polar surface area (TPSA) is 73.9 Å². The molecule has 1 aliphatic heterocycles. The maximum atomic E-state index is 12.7. The monoisotopic (exact) mass is 433 g/mol. The third-order valence-corrected chi connectivity index (χ3v) is 5.52. The van der Waals surface area contributed by atoms with E-state index in [9.17, 15) is 9.59 Å². The molecule has 1 unspecified atom stereocenters. The molecule has 32 heavy (non-hydrogen) atoms. The standard InChI is InChI=1S/C26H27NO5/c1-17(2)26(19-9-11-23-24(14-19)31-13-5-12-30-23)27-25(29)16-32-22-10-8-18-6-3-4-7-20(18)21(22)15-28/h3-4,6-11,14-15,17,26H,5,12-13,16H2,1-2H3,(H,27,29). The molecule has 1 N–H and O–H groups in total. The van der Waals surface area contributed by atoms with Crippen molar-refractivity contribution >= 4 is 23.0 Å². The lowest BCUT2D eigenvalue weighted by atomic mass is 9.95. The van der Waals surface area contributed by atoms with Gasteiger partial charge < -0.3 is 19.5 Å². The fourth-order valence-corrected chi connectivity index (χ4v) is 3.89. The minimum absolute atomic E-state index is 0.148. The zero-order valence-corrected chi connectivity index (χ0v) is 18.3. The molecule has 6 nitrogen and oxygen atoms in total. The predicted octanol–water partition coefficient (Wildman–Crippen LogP) is 4.71. The summed E-state index contributed by atoms with van der Waals surface area (Å²) in [4.78, 5) is 24.4. The molecule has 3 aromatic rings. The van der Waals surface area contributed by atoms with Gasteiger partial charge in [-0.15, -0.1) is 0 Å². The van der Waals surface area contributed by atoms with E-state index in [1.54, 1.807) is 6.07 Å². The van der Waals surface area contributed by atoms with Crippen molar-refractivity contribution in [2.24, 2.45) is 5.92 Å². The largest absolute Gasteiger partial charge is 0.490 e. The molecule has 0 bridgehead atoms. The minimum Gasteiger partial charge on any atom is -0.490 e. The zero-order chi connectivity index (χ0) is 22.5. The molecule has 0 aliphatic carbocycles. The zero-order valence-electron chi connectivity index (χ0n) is 18.3. The van der Waals surface area contributed by atoms with Crippen LogP contribution in [0, 0.1) is 5.92 Å². The van der Waals surface area contributed by atoms with Crippen molar-refractivity contribution in [3.8, 4) is 17.2 Å². The van der Waals surface area contributed by atoms with Crippen LogP contribution < -0.4 is 19.5 Å². The Morgan fingerprint density at radius 3 is 2.62 bits per heavy atom. The molecule has 0 aromatic heterocycles. The number of hydrogen-bond donors (Lipinski definition) is 1. The van der Waals surface area contributed by atoms with Crippen molar-refractivity contribution in [1.82, 2.24) is 5.32 Å². The number of aldehydes is 1. The van der Waals surface area contributed by atoms with Crippen molar-refractivity contribution in [2.45, 2.75) is 26.3 Å². The molecular weight excluding hydrogens is 406 g/mol. The molecular formula is C26H27NO5. The summed E-state index contributed by atoms with van der Waals surface area (Å²) < 4.78 is 17.2. The third kappa shape index (κ3) is 4.69. The van der Waals surface area contributed by atoms with Gasteiger partial charge >= 0.3 is 0 Å². The van der Waals surface area contributed by atoms with E-state index in [0.717, 1.165) is 34.8 Å². The molecule has 1 heterocycles. The van der Waals surface area contributed by atoms with E-state index in [0.29, 0.717) is 30.3 Å². The number of carbonyl (C=O) groups is 2. The summed E-state index contributed by atoms with van der Waals surface area (Å²) in [5.74, 6) is 1.70. The minimum atomic E-state index is -0.263. The molecule has 0 saturated heterocycles. The lowest BCUT2D eigenvalue weighted by Gasteiger charge is -2.24. The molecule has 0 spiro atoms. The van der Waals surface area contributed by atoms with Crippen LogP contribution in [0.15, 0.2) is 54.6 Å². The van der Waals surface area contributed by atoms with E-state index in [2.05, 4.69) is 5.32 Å². The Morgan fingerprint density at radius 1 is 1.06 bits per heavy atom. The van der Waals surface area contributed by atoms with Gasteiger partial charge in [0.05, 0.1) is 24.8 Å². The lowest BCUT2D eigenvalue weighted by molar-refractivity contribution is -0.124. The quantitative estimate of drug-likeness (QED) is 0.547. The van der Waals surface area contributed by atoms with Crippen LogP contribution in [-0.2, 0) is 4.79 Å². The first-order chi connectivity index (χ1) is 15.6. The first kappa shape index (κ1) is 21.7. The van der Waals surface area contributed by atoms with Gasteiger partial charge in [0.1, 0.15) is 5.75 Å². The fraction of sp³-hybridized carbons (Fsp3) is 0.308. The van der Waals surface area contributed by atoms with Crippen LogP contribution in [0.3, 0.4) is 0 Å². The lowest BCUT2D eigenvalue weighted by Crippen LogP contribution is -2.35. The van der Waals surface area contributed by atoms with E-state index < -0.39 is 0 Å². The molecule has 166 valence electrons. The molecule has 6 heteroatoms. The van der Waals surface area contributed by atoms with E-state index in [1.807, 2.05) is 62.4 Å². The van der Waals surface area contributed by atoms with Gasteiger partial charge in [0, 0.05) is 6.42 Å². The Morgan fingerprint density at radius 2 is 1.84 bits per heavy atom. The van der Waals surface area contributed by atoms with Crippen LogP contribution in [0.4, 0.5) is 0 Å². The van der Waals surface area contributed by atoms with Crippen molar-refractivity contribution in [3.63, 3.8) is 0 Å². The van der Waals surface area contributed by atoms with Crippen molar-refractivity contribution in [3.05, 3.63) is 65.7 Å². The van der Waals surface area contributed by atoms with Gasteiger partial charge in [-0.1, -0.05) is 50.2 Å². The normalized spacial score (nSPS) is 14.0. The summed E-state index contributed by atoms with van der Waals surface area (Å²) in [7, 11) is 0. The van der Waals surface area contributed by atoms with Gasteiger partial charge in [-0.3, -0.25) is 9.59 Å². The summed E-state index contributed by atoms with van der Waals surface area (Å²) >= 11 is 0. The molecule has 0 radical (unpaired) electrons. The average Bonchev–Trinajstić information content (AvgIpc) is 3.05. The highest BCUT2D eigenvalue weighted by molar-refractivity contribution is 6.00. The second-order valence-electron chi connectivity index (χ2n) is 8.15. The van der Waals surface area contributed by atoms with Gasteiger partial charge in [-0.05, 0) is 40.5 Å². The summed E-state index contributed by atoms with van der Waals surface area (Å²) in [5, 5.41) is 4.80. The number of carbonyl (C=O) groups excluding carboxylic acids is 2. The third-order valence-electron chi connectivity index (χ3n) is 5.52. The second kappa shape index (κ2) is 9.73. The van der Waals surface area contributed by atoms with Crippen LogP contribution in [0.1, 0.15) is 42.2 Å². The van der Waals surface area contributed by atoms with E-state index in [4.69, 9.17) is 14.2 Å². The molecule has 3 aromatic carbocycles. The first-order valence-electron chi connectivity index (χ1n) is 10.9. The highest BCUT2D eigenvalue weighted by Crippen LogP contribution is 2.34. The van der Waals surface area contributed by atoms with Crippen LogP contribution in [0.5, 0.6) is 17.2 Å². The van der Waals surface area contributed by atoms with Gasteiger partial charge in [0.2, 0.25) is 0 Å². The molecule has 1 aliphatic rings. The Bertz CT molecular complexity index is 1120. The molecule has 0 saturated carbocycles. The summed E-state index contributed by atoms with van der Waals surface area (Å²) in [6.07, 6.45) is 1.60. The molecule has 4 rings (SSSR count). The Hall–Kier alpha value is -3.54. The molecule has 0 fully saturated rings. The Kier molecular flexibility index (Phi) is 6.59. The van der Waals surface area contributed by atoms with Crippen molar-refractivity contribution in [1.29, 1.82) is 0 Å². The van der Waals surface area contributed by atoms with Gasteiger partial charge in [0.25, 0.3) is 5.91 Å². The van der Waals surface area contributed by atoms with Crippen molar-refractivity contribution in [2.75, 3.05) is 19.8 Å². The SMILES string of the molecule is CC(C)C(NC(=O)COc1ccc2ccccc2c1C=O)c1ccc2c(c1)OCCCO2. The Balaban J connectivity index is 1.47. The van der Waals surface area contributed by atoms with Crippen molar-refractivity contribution < 1.29 is 23.8 Å². The number of benzene rings is 3. The van der Waals surface area contributed by atoms with Crippen LogP contribution in [0.25, 0.3) is 10.8 Å². The smallest absolute Gasteiger partial charge is 0.258 e. The van der Waals surface area contributed by atoms with Gasteiger partial charge in [0.15, 0.2) is 24.4 Å². The maximum Gasteiger partial charge on any atom is 0.258 e.